The molecule has 228 valence electrons. The Labute approximate surface area is 271 Å². The van der Waals surface area contributed by atoms with E-state index in [1.165, 1.54) is 31.2 Å². The van der Waals surface area contributed by atoms with Crippen LogP contribution in [0.3, 0.4) is 0 Å². The van der Waals surface area contributed by atoms with E-state index in [0.717, 1.165) is 0 Å². The first-order valence-corrected chi connectivity index (χ1v) is 14.3. The molecule has 0 unspecified atom stereocenters. The van der Waals surface area contributed by atoms with E-state index in [4.69, 9.17) is 69.6 Å². The minimum atomic E-state index is -5.23. The summed E-state index contributed by atoms with van der Waals surface area (Å²) in [4.78, 5) is 37.7. The summed E-state index contributed by atoms with van der Waals surface area (Å²) in [6.07, 6.45) is -7.35. The van der Waals surface area contributed by atoms with Gasteiger partial charge in [-0.05, 0) is 59.5 Å². The molecule has 4 nitrogen and oxygen atoms in total. The van der Waals surface area contributed by atoms with Gasteiger partial charge in [-0.1, -0.05) is 46.4 Å². The maximum Gasteiger partial charge on any atom is 0.450 e. The van der Waals surface area contributed by atoms with Crippen LogP contribution >= 0.6 is 69.6 Å². The summed E-state index contributed by atoms with van der Waals surface area (Å²) in [7, 11) is 0. The zero-order valence-corrected chi connectivity index (χ0v) is 26.0. The summed E-state index contributed by atoms with van der Waals surface area (Å²) in [6, 6.07) is 6.60. The van der Waals surface area contributed by atoms with E-state index < -0.39 is 75.4 Å². The second kappa shape index (κ2) is 12.3. The maximum atomic E-state index is 14.5. The number of aryl methyl sites for hydroxylation is 1. The molecule has 1 N–H and O–H groups in total. The second-order valence-electron chi connectivity index (χ2n) is 9.81. The lowest BCUT2D eigenvalue weighted by atomic mass is 9.97. The van der Waals surface area contributed by atoms with Crippen LogP contribution in [0.1, 0.15) is 38.5 Å². The third kappa shape index (κ3) is 7.08. The molecule has 1 aliphatic carbocycles. The molecule has 1 fully saturated rings. The van der Waals surface area contributed by atoms with Crippen molar-refractivity contribution in [2.75, 3.05) is 5.32 Å². The molecule has 0 radical (unpaired) electrons. The normalized spacial score (nSPS) is 17.5. The van der Waals surface area contributed by atoms with Crippen LogP contribution in [0, 0.1) is 24.5 Å². The number of carbonyl (C=O) groups is 3. The zero-order chi connectivity index (χ0) is 32.2. The zero-order valence-electron chi connectivity index (χ0n) is 21.4. The average Bonchev–Trinajstić information content (AvgIpc) is 3.48. The number of benzene rings is 3. The number of amides is 1. The lowest BCUT2D eigenvalue weighted by Crippen LogP contribution is -2.25. The minimum absolute atomic E-state index is 0.0447. The van der Waals surface area contributed by atoms with Gasteiger partial charge in [0, 0.05) is 36.1 Å². The largest absolute Gasteiger partial charge is 0.450 e. The molecule has 0 aliphatic heterocycles. The Hall–Kier alpha value is -2.14. The topological polar surface area (TPSA) is 63.2 Å². The number of halogens is 11. The van der Waals surface area contributed by atoms with Crippen LogP contribution in [-0.2, 0) is 22.4 Å². The average molecular weight is 722 g/mol. The molecule has 0 saturated heterocycles. The van der Waals surface area contributed by atoms with Gasteiger partial charge in [0.15, 0.2) is 5.78 Å². The number of rotatable bonds is 8. The summed E-state index contributed by atoms with van der Waals surface area (Å²) in [5.41, 5.74) is -0.457. The fourth-order valence-electron chi connectivity index (χ4n) is 4.54. The SMILES string of the molecule is Cc1cc(NC(=O)[C@H]2[C@H](c3cc(Cl)c(Cl)c(Cl)c3)C2(Cl)Cl)cc(C(=O)Cc2cc(CC(=O)C(F)(F)F)c(F)cc2F)c1Cl. The first kappa shape index (κ1) is 33.7. The Morgan fingerprint density at radius 3 is 1.95 bits per heavy atom. The predicted octanol–water partition coefficient (Wildman–Crippen LogP) is 9.51. The Morgan fingerprint density at radius 1 is 0.837 bits per heavy atom. The highest BCUT2D eigenvalue weighted by Crippen LogP contribution is 2.65. The van der Waals surface area contributed by atoms with Gasteiger partial charge in [-0.25, -0.2) is 8.78 Å². The second-order valence-corrected chi connectivity index (χ2v) is 12.8. The fraction of sp³-hybridized carbons (Fsp3) is 0.250. The van der Waals surface area contributed by atoms with Gasteiger partial charge in [0.2, 0.25) is 11.7 Å². The van der Waals surface area contributed by atoms with Crippen LogP contribution in [0.15, 0.2) is 36.4 Å². The molecule has 15 heteroatoms. The Kier molecular flexibility index (Phi) is 9.68. The van der Waals surface area contributed by atoms with E-state index >= 15 is 0 Å². The van der Waals surface area contributed by atoms with Gasteiger partial charge < -0.3 is 5.32 Å². The van der Waals surface area contributed by atoms with Gasteiger partial charge >= 0.3 is 6.18 Å². The molecule has 43 heavy (non-hydrogen) atoms. The lowest BCUT2D eigenvalue weighted by molar-refractivity contribution is -0.170. The third-order valence-electron chi connectivity index (χ3n) is 6.76. The Balaban J connectivity index is 1.56. The van der Waals surface area contributed by atoms with Crippen LogP contribution in [0.25, 0.3) is 0 Å². The van der Waals surface area contributed by atoms with Crippen LogP contribution < -0.4 is 5.32 Å². The summed E-state index contributed by atoms with van der Waals surface area (Å²) < 4.78 is 65.1. The highest BCUT2D eigenvalue weighted by Gasteiger charge is 2.67. The molecule has 0 bridgehead atoms. The van der Waals surface area contributed by atoms with Crippen molar-refractivity contribution in [3.63, 3.8) is 0 Å². The number of carbonyl (C=O) groups excluding carboxylic acids is 3. The molecular formula is C28H16Cl6F5NO3. The van der Waals surface area contributed by atoms with Crippen LogP contribution in [0.2, 0.25) is 20.1 Å². The molecule has 1 amide bonds. The van der Waals surface area contributed by atoms with Gasteiger partial charge in [-0.2, -0.15) is 13.2 Å². The summed E-state index contributed by atoms with van der Waals surface area (Å²) >= 11 is 37.3. The molecule has 4 rings (SSSR count). The van der Waals surface area contributed by atoms with Crippen LogP contribution in [0.5, 0.6) is 0 Å². The van der Waals surface area contributed by atoms with Gasteiger partial charge in [0.05, 0.1) is 26.0 Å². The number of hydrogen-bond acceptors (Lipinski definition) is 3. The molecule has 0 spiro atoms. The fourth-order valence-corrected chi connectivity index (χ4v) is 6.20. The van der Waals surface area contributed by atoms with Crippen LogP contribution in [0.4, 0.5) is 27.6 Å². The van der Waals surface area contributed by atoms with E-state index in [2.05, 4.69) is 5.32 Å². The van der Waals surface area contributed by atoms with Gasteiger partial charge in [-0.15, -0.1) is 23.2 Å². The monoisotopic (exact) mass is 719 g/mol. The van der Waals surface area contributed by atoms with E-state index in [1.54, 1.807) is 0 Å². The standard InChI is InChI=1S/C28H16Cl6F5NO3/c1-10-2-14(40-26(43)23-22(27(23,33)34)13-4-16(29)25(32)17(30)5-13)8-15(24(10)31)20(41)6-11-3-12(19(36)9-18(11)35)7-21(42)28(37,38)39/h2-5,8-9,22-23H,6-7H2,1H3,(H,40,43)/t22-,23+/m0/s1. The van der Waals surface area contributed by atoms with E-state index in [1.807, 2.05) is 0 Å². The quantitative estimate of drug-likeness (QED) is 0.109. The molecule has 1 saturated carbocycles. The van der Waals surface area contributed by atoms with E-state index in [9.17, 15) is 36.3 Å². The highest BCUT2D eigenvalue weighted by atomic mass is 35.5. The van der Waals surface area contributed by atoms with Gasteiger partial charge in [0.1, 0.15) is 16.0 Å². The van der Waals surface area contributed by atoms with Gasteiger partial charge in [-0.3, -0.25) is 14.4 Å². The summed E-state index contributed by atoms with van der Waals surface area (Å²) in [6.45, 7) is 1.53. The minimum Gasteiger partial charge on any atom is -0.326 e. The van der Waals surface area contributed by atoms with E-state index in [-0.39, 0.29) is 31.3 Å². The first-order valence-electron chi connectivity index (χ1n) is 12.1. The lowest BCUT2D eigenvalue weighted by Gasteiger charge is -2.13. The summed E-state index contributed by atoms with van der Waals surface area (Å²) in [5, 5.41) is 2.95. The van der Waals surface area contributed by atoms with Gasteiger partial charge in [0.25, 0.3) is 0 Å². The Morgan fingerprint density at radius 2 is 1.40 bits per heavy atom. The first-order chi connectivity index (χ1) is 19.8. The van der Waals surface area contributed by atoms with Crippen molar-refractivity contribution in [1.82, 2.24) is 0 Å². The molecule has 0 heterocycles. The van der Waals surface area contributed by atoms with Crippen LogP contribution in [-0.4, -0.2) is 28.0 Å². The highest BCUT2D eigenvalue weighted by molar-refractivity contribution is 6.54. The molecule has 0 aromatic heterocycles. The third-order valence-corrected chi connectivity index (χ3v) is 9.40. The Bertz CT molecular complexity index is 1650. The van der Waals surface area contributed by atoms with Crippen molar-refractivity contribution in [3.05, 3.63) is 95.9 Å². The van der Waals surface area contributed by atoms with Crippen molar-refractivity contribution in [1.29, 1.82) is 0 Å². The molecule has 3 aromatic carbocycles. The van der Waals surface area contributed by atoms with Crippen molar-refractivity contribution in [2.24, 2.45) is 5.92 Å². The smallest absolute Gasteiger partial charge is 0.326 e. The van der Waals surface area contributed by atoms with E-state index in [0.29, 0.717) is 23.3 Å². The molecule has 1 aliphatic rings. The number of ketones is 2. The maximum absolute atomic E-state index is 14.5. The number of Topliss-reactive ketones (excluding diaryl/α,β-unsaturated/α-hetero) is 2. The van der Waals surface area contributed by atoms with Crippen molar-refractivity contribution < 1.29 is 36.3 Å². The molecular weight excluding hydrogens is 706 g/mol. The van der Waals surface area contributed by atoms with Crippen molar-refractivity contribution >= 4 is 92.8 Å². The molecule has 3 aromatic rings. The number of hydrogen-bond donors (Lipinski definition) is 1. The summed E-state index contributed by atoms with van der Waals surface area (Å²) in [5.74, 6) is -7.93. The predicted molar refractivity (Wildman–Crippen MR) is 156 cm³/mol. The number of anilines is 1. The van der Waals surface area contributed by atoms with Crippen molar-refractivity contribution in [2.45, 2.75) is 36.2 Å². The molecule has 2 atom stereocenters. The number of alkyl halides is 5. The van der Waals surface area contributed by atoms with Crippen molar-refractivity contribution in [3.8, 4) is 0 Å². The number of nitrogens with one attached hydrogen (secondary N) is 1.